The molecule has 1 aliphatic rings. The predicted octanol–water partition coefficient (Wildman–Crippen LogP) is 2.32. The fourth-order valence-electron chi connectivity index (χ4n) is 2.20. The lowest BCUT2D eigenvalue weighted by atomic mass is 10.0. The maximum atomic E-state index is 12.0. The number of furan rings is 1. The van der Waals surface area contributed by atoms with Gasteiger partial charge in [-0.2, -0.15) is 0 Å². The summed E-state index contributed by atoms with van der Waals surface area (Å²) in [6, 6.07) is 7.46. The number of hydrogen-bond donors (Lipinski definition) is 2. The van der Waals surface area contributed by atoms with E-state index in [4.69, 9.17) is 4.42 Å². The normalized spacial score (nSPS) is 13.2. The second kappa shape index (κ2) is 5.32. The summed E-state index contributed by atoms with van der Waals surface area (Å²) >= 11 is 0. The van der Waals surface area contributed by atoms with Crippen molar-refractivity contribution in [3.05, 3.63) is 51.8 Å². The Morgan fingerprint density at radius 1 is 1.27 bits per heavy atom. The van der Waals surface area contributed by atoms with Gasteiger partial charge in [-0.3, -0.25) is 19.7 Å². The van der Waals surface area contributed by atoms with Gasteiger partial charge in [0.15, 0.2) is 5.76 Å². The summed E-state index contributed by atoms with van der Waals surface area (Å²) in [7, 11) is 0. The molecule has 0 atom stereocenters. The third-order valence-corrected chi connectivity index (χ3v) is 3.25. The molecule has 0 bridgehead atoms. The summed E-state index contributed by atoms with van der Waals surface area (Å²) in [5, 5.41) is 15.9. The molecule has 0 spiro atoms. The number of nitrogens with one attached hydrogen (secondary N) is 2. The molecule has 0 radical (unpaired) electrons. The van der Waals surface area contributed by atoms with Crippen LogP contribution in [0, 0.1) is 10.1 Å². The number of aryl methyl sites for hydroxylation is 1. The Labute approximate surface area is 124 Å². The molecule has 8 heteroatoms. The van der Waals surface area contributed by atoms with Gasteiger partial charge in [0.05, 0.1) is 6.07 Å². The zero-order valence-corrected chi connectivity index (χ0v) is 11.3. The molecule has 8 nitrogen and oxygen atoms in total. The van der Waals surface area contributed by atoms with E-state index in [0.717, 1.165) is 17.3 Å². The van der Waals surface area contributed by atoms with Crippen LogP contribution in [-0.4, -0.2) is 16.7 Å². The Bertz CT molecular complexity index is 781. The first kappa shape index (κ1) is 13.8. The number of benzene rings is 1. The molecule has 2 amide bonds. The van der Waals surface area contributed by atoms with Crippen LogP contribution in [0.4, 0.5) is 17.3 Å². The molecule has 22 heavy (non-hydrogen) atoms. The number of amides is 2. The molecule has 2 N–H and O–H groups in total. The smallest absolute Gasteiger partial charge is 0.395 e. The van der Waals surface area contributed by atoms with E-state index >= 15 is 0 Å². The van der Waals surface area contributed by atoms with Gasteiger partial charge in [0, 0.05) is 17.8 Å². The summed E-state index contributed by atoms with van der Waals surface area (Å²) < 4.78 is 4.84. The van der Waals surface area contributed by atoms with E-state index in [-0.39, 0.29) is 11.7 Å². The van der Waals surface area contributed by atoms with Crippen molar-refractivity contribution in [2.75, 3.05) is 10.6 Å². The standard InChI is InChI=1S/C14H11N3O5/c18-12-5-1-8-7-9(2-3-10(8)16-12)15-14(19)11-4-6-13(22-11)17(20)21/h2-4,6-7H,1,5H2,(H,15,19)(H,16,18). The lowest BCUT2D eigenvalue weighted by molar-refractivity contribution is -0.402. The number of carbonyl (C=O) groups excluding carboxylic acids is 2. The lowest BCUT2D eigenvalue weighted by Gasteiger charge is -2.17. The molecule has 3 rings (SSSR count). The number of carbonyl (C=O) groups is 2. The third-order valence-electron chi connectivity index (χ3n) is 3.25. The number of rotatable bonds is 3. The van der Waals surface area contributed by atoms with Crippen molar-refractivity contribution in [3.8, 4) is 0 Å². The molecule has 1 aliphatic heterocycles. The number of hydrogen-bond acceptors (Lipinski definition) is 5. The highest BCUT2D eigenvalue weighted by atomic mass is 16.6. The number of nitrogens with zero attached hydrogens (tertiary/aromatic N) is 1. The van der Waals surface area contributed by atoms with Gasteiger partial charge in [0.2, 0.25) is 5.91 Å². The van der Waals surface area contributed by atoms with Crippen LogP contribution in [0.1, 0.15) is 22.5 Å². The van der Waals surface area contributed by atoms with Gasteiger partial charge in [-0.05, 0) is 36.2 Å². The Morgan fingerprint density at radius 3 is 2.82 bits per heavy atom. The molecule has 0 fully saturated rings. The van der Waals surface area contributed by atoms with Gasteiger partial charge in [-0.25, -0.2) is 0 Å². The minimum Gasteiger partial charge on any atom is -0.395 e. The Kier molecular flexibility index (Phi) is 3.34. The Hall–Kier alpha value is -3.16. The third kappa shape index (κ3) is 2.66. The number of anilines is 2. The Balaban J connectivity index is 1.76. The average Bonchev–Trinajstić information content (AvgIpc) is 2.97. The zero-order valence-electron chi connectivity index (χ0n) is 11.3. The van der Waals surface area contributed by atoms with Gasteiger partial charge in [0.25, 0.3) is 5.91 Å². The van der Waals surface area contributed by atoms with E-state index in [9.17, 15) is 19.7 Å². The van der Waals surface area contributed by atoms with Crippen LogP contribution in [0.25, 0.3) is 0 Å². The maximum Gasteiger partial charge on any atom is 0.433 e. The van der Waals surface area contributed by atoms with Crippen LogP contribution in [0.2, 0.25) is 0 Å². The number of fused-ring (bicyclic) bond motifs is 1. The second-order valence-corrected chi connectivity index (χ2v) is 4.77. The fraction of sp³-hybridized carbons (Fsp3) is 0.143. The first-order valence-corrected chi connectivity index (χ1v) is 6.51. The maximum absolute atomic E-state index is 12.0. The molecular weight excluding hydrogens is 290 g/mol. The van der Waals surface area contributed by atoms with Crippen LogP contribution >= 0.6 is 0 Å². The van der Waals surface area contributed by atoms with Crippen molar-refractivity contribution in [3.63, 3.8) is 0 Å². The van der Waals surface area contributed by atoms with Crippen LogP contribution in [0.3, 0.4) is 0 Å². The van der Waals surface area contributed by atoms with E-state index in [0.29, 0.717) is 18.5 Å². The van der Waals surface area contributed by atoms with Gasteiger partial charge >= 0.3 is 5.88 Å². The van der Waals surface area contributed by atoms with Crippen molar-refractivity contribution < 1.29 is 18.9 Å². The minimum absolute atomic E-state index is 0.0350. The van der Waals surface area contributed by atoms with Crippen LogP contribution in [-0.2, 0) is 11.2 Å². The summed E-state index contributed by atoms with van der Waals surface area (Å²) in [5.41, 5.74) is 2.17. The first-order valence-electron chi connectivity index (χ1n) is 6.51. The molecule has 2 aromatic rings. The van der Waals surface area contributed by atoms with Gasteiger partial charge in [-0.15, -0.1) is 0 Å². The van der Waals surface area contributed by atoms with Crippen LogP contribution in [0.15, 0.2) is 34.7 Å². The van der Waals surface area contributed by atoms with E-state index in [1.54, 1.807) is 18.2 Å². The second-order valence-electron chi connectivity index (χ2n) is 4.77. The summed E-state index contributed by atoms with van der Waals surface area (Å²) in [6.07, 6.45) is 0.992. The molecule has 0 saturated carbocycles. The van der Waals surface area contributed by atoms with Crippen molar-refractivity contribution >= 4 is 29.1 Å². The summed E-state index contributed by atoms with van der Waals surface area (Å²) in [6.45, 7) is 0. The van der Waals surface area contributed by atoms with Gasteiger partial charge in [0.1, 0.15) is 4.92 Å². The van der Waals surface area contributed by atoms with E-state index in [2.05, 4.69) is 10.6 Å². The summed E-state index contributed by atoms with van der Waals surface area (Å²) in [4.78, 5) is 33.1. The topological polar surface area (TPSA) is 114 Å². The minimum atomic E-state index is -0.710. The van der Waals surface area contributed by atoms with E-state index < -0.39 is 16.7 Å². The monoisotopic (exact) mass is 301 g/mol. The molecule has 1 aromatic heterocycles. The van der Waals surface area contributed by atoms with Gasteiger partial charge in [-0.1, -0.05) is 0 Å². The number of nitro groups is 1. The quantitative estimate of drug-likeness (QED) is 0.667. The SMILES string of the molecule is O=C1CCc2cc(NC(=O)c3ccc([N+](=O)[O-])o3)ccc2N1. The van der Waals surface area contributed by atoms with Crippen molar-refractivity contribution in [2.24, 2.45) is 0 Å². The molecule has 0 unspecified atom stereocenters. The van der Waals surface area contributed by atoms with Crippen molar-refractivity contribution in [1.29, 1.82) is 0 Å². The molecule has 0 saturated heterocycles. The van der Waals surface area contributed by atoms with Crippen molar-refractivity contribution in [2.45, 2.75) is 12.8 Å². The average molecular weight is 301 g/mol. The highest BCUT2D eigenvalue weighted by molar-refractivity contribution is 6.03. The fourth-order valence-corrected chi connectivity index (χ4v) is 2.20. The summed E-state index contributed by atoms with van der Waals surface area (Å²) in [5.74, 6) is -1.24. The van der Waals surface area contributed by atoms with Gasteiger partial charge < -0.3 is 15.1 Å². The van der Waals surface area contributed by atoms with Crippen molar-refractivity contribution in [1.82, 2.24) is 0 Å². The first-order chi connectivity index (χ1) is 10.5. The molecular formula is C14H11N3O5. The molecule has 2 heterocycles. The largest absolute Gasteiger partial charge is 0.433 e. The highest BCUT2D eigenvalue weighted by Gasteiger charge is 2.19. The molecule has 1 aromatic carbocycles. The predicted molar refractivity (Wildman–Crippen MR) is 76.7 cm³/mol. The molecule has 112 valence electrons. The Morgan fingerprint density at radius 2 is 2.09 bits per heavy atom. The van der Waals surface area contributed by atoms with E-state index in [1.807, 2.05) is 0 Å². The highest BCUT2D eigenvalue weighted by Crippen LogP contribution is 2.26. The lowest BCUT2D eigenvalue weighted by Crippen LogP contribution is -2.19. The van der Waals surface area contributed by atoms with Crippen LogP contribution < -0.4 is 10.6 Å². The van der Waals surface area contributed by atoms with E-state index in [1.165, 1.54) is 6.07 Å². The molecule has 0 aliphatic carbocycles. The van der Waals surface area contributed by atoms with Crippen LogP contribution in [0.5, 0.6) is 0 Å². The zero-order chi connectivity index (χ0) is 15.7.